The lowest BCUT2D eigenvalue weighted by molar-refractivity contribution is 0.175. The maximum Gasteiger partial charge on any atom is 0.179 e. The topological polar surface area (TPSA) is 47.8 Å². The van der Waals surface area contributed by atoms with Crippen LogP contribution in [0.15, 0.2) is 0 Å². The summed E-state index contributed by atoms with van der Waals surface area (Å²) in [5.74, 6) is 0.533. The van der Waals surface area contributed by atoms with Crippen molar-refractivity contribution in [2.75, 3.05) is 13.2 Å². The summed E-state index contributed by atoms with van der Waals surface area (Å²) in [6.45, 7) is 6.03. The Labute approximate surface area is 117 Å². The van der Waals surface area contributed by atoms with Crippen LogP contribution in [0.4, 0.5) is 0 Å². The van der Waals surface area contributed by atoms with Crippen LogP contribution in [0.5, 0.6) is 0 Å². The van der Waals surface area contributed by atoms with E-state index in [4.69, 9.17) is 17.0 Å². The molecule has 2 aromatic heterocycles. The number of fused-ring (bicyclic) bond motifs is 1. The van der Waals surface area contributed by atoms with Gasteiger partial charge in [0, 0.05) is 25.6 Å². The first-order valence-corrected chi connectivity index (χ1v) is 7.28. The molecule has 0 spiro atoms. The molecule has 2 aromatic rings. The van der Waals surface area contributed by atoms with Crippen molar-refractivity contribution in [1.29, 1.82) is 0 Å². The SMILES string of the molecule is CCc1nn(C)c2c1[nH]c(=S)n2C(C)C1CCOC1. The zero-order chi connectivity index (χ0) is 13.6. The van der Waals surface area contributed by atoms with E-state index >= 15 is 0 Å². The molecule has 1 saturated heterocycles. The minimum absolute atomic E-state index is 0.337. The molecule has 19 heavy (non-hydrogen) atoms. The molecule has 0 radical (unpaired) electrons. The molecular weight excluding hydrogens is 260 g/mol. The summed E-state index contributed by atoms with van der Waals surface area (Å²) in [5.41, 5.74) is 3.26. The average Bonchev–Trinajstić information content (AvgIpc) is 3.06. The van der Waals surface area contributed by atoms with E-state index in [0.29, 0.717) is 12.0 Å². The van der Waals surface area contributed by atoms with E-state index in [1.54, 1.807) is 0 Å². The first kappa shape index (κ1) is 12.9. The van der Waals surface area contributed by atoms with E-state index in [2.05, 4.69) is 28.5 Å². The molecule has 5 nitrogen and oxygen atoms in total. The Morgan fingerprint density at radius 2 is 2.37 bits per heavy atom. The number of H-pyrrole nitrogens is 1. The Morgan fingerprint density at radius 1 is 1.58 bits per heavy atom. The van der Waals surface area contributed by atoms with Crippen LogP contribution in [0.2, 0.25) is 0 Å². The molecule has 0 bridgehead atoms. The predicted molar refractivity (Wildman–Crippen MR) is 76.9 cm³/mol. The molecule has 0 aliphatic carbocycles. The van der Waals surface area contributed by atoms with Crippen LogP contribution in [0.3, 0.4) is 0 Å². The molecule has 1 aliphatic heterocycles. The van der Waals surface area contributed by atoms with Crippen molar-refractivity contribution in [1.82, 2.24) is 19.3 Å². The maximum atomic E-state index is 5.51. The number of rotatable bonds is 3. The summed E-state index contributed by atoms with van der Waals surface area (Å²) in [7, 11) is 1.98. The van der Waals surface area contributed by atoms with E-state index in [0.717, 1.165) is 47.7 Å². The van der Waals surface area contributed by atoms with Gasteiger partial charge in [0.2, 0.25) is 0 Å². The van der Waals surface area contributed by atoms with Gasteiger partial charge in [0.05, 0.1) is 12.3 Å². The van der Waals surface area contributed by atoms with E-state index in [1.165, 1.54) is 0 Å². The number of aromatic amines is 1. The summed E-state index contributed by atoms with van der Waals surface area (Å²) in [4.78, 5) is 3.33. The standard InChI is InChI=1S/C13H20N4OS/c1-4-10-11-12(16(3)15-10)17(13(19)14-11)8(2)9-5-6-18-7-9/h8-9H,4-7H2,1-3H3,(H,14,19). The molecule has 6 heteroatoms. The predicted octanol–water partition coefficient (Wildman–Crippen LogP) is 2.59. The van der Waals surface area contributed by atoms with Crippen molar-refractivity contribution in [3.05, 3.63) is 10.5 Å². The summed E-state index contributed by atoms with van der Waals surface area (Å²) in [5, 5.41) is 4.57. The smallest absolute Gasteiger partial charge is 0.179 e. The van der Waals surface area contributed by atoms with Gasteiger partial charge in [-0.2, -0.15) is 5.10 Å². The summed E-state index contributed by atoms with van der Waals surface area (Å²) >= 11 is 5.51. The zero-order valence-electron chi connectivity index (χ0n) is 11.6. The molecule has 3 rings (SSSR count). The fourth-order valence-electron chi connectivity index (χ4n) is 3.01. The average molecular weight is 280 g/mol. The molecule has 2 atom stereocenters. The number of ether oxygens (including phenoxy) is 1. The molecule has 0 amide bonds. The van der Waals surface area contributed by atoms with Crippen molar-refractivity contribution >= 4 is 23.4 Å². The molecule has 0 saturated carbocycles. The van der Waals surface area contributed by atoms with E-state index < -0.39 is 0 Å². The third-order valence-electron chi connectivity index (χ3n) is 4.16. The van der Waals surface area contributed by atoms with Crippen LogP contribution in [-0.4, -0.2) is 32.5 Å². The molecule has 3 heterocycles. The van der Waals surface area contributed by atoms with Gasteiger partial charge in [0.15, 0.2) is 10.4 Å². The zero-order valence-corrected chi connectivity index (χ0v) is 12.5. The highest BCUT2D eigenvalue weighted by Gasteiger charge is 2.27. The van der Waals surface area contributed by atoms with Crippen LogP contribution in [0, 0.1) is 10.7 Å². The highest BCUT2D eigenvalue weighted by Crippen LogP contribution is 2.30. The summed E-state index contributed by atoms with van der Waals surface area (Å²) < 4.78 is 10.4. The van der Waals surface area contributed by atoms with Gasteiger partial charge in [-0.05, 0) is 32.0 Å². The molecule has 2 unspecified atom stereocenters. The Morgan fingerprint density at radius 3 is 3.00 bits per heavy atom. The highest BCUT2D eigenvalue weighted by molar-refractivity contribution is 7.71. The number of hydrogen-bond acceptors (Lipinski definition) is 3. The Hall–Kier alpha value is -1.14. The van der Waals surface area contributed by atoms with E-state index in [-0.39, 0.29) is 0 Å². The van der Waals surface area contributed by atoms with Gasteiger partial charge >= 0.3 is 0 Å². The van der Waals surface area contributed by atoms with Crippen LogP contribution in [0.25, 0.3) is 11.2 Å². The lowest BCUT2D eigenvalue weighted by atomic mass is 10.0. The molecule has 1 fully saturated rings. The van der Waals surface area contributed by atoms with E-state index in [9.17, 15) is 0 Å². The fraction of sp³-hybridized carbons (Fsp3) is 0.692. The summed E-state index contributed by atoms with van der Waals surface area (Å²) in [6.07, 6.45) is 2.02. The second kappa shape index (κ2) is 4.76. The number of imidazole rings is 1. The van der Waals surface area contributed by atoms with Gasteiger partial charge in [-0.3, -0.25) is 9.25 Å². The number of nitrogens with zero attached hydrogens (tertiary/aromatic N) is 3. The highest BCUT2D eigenvalue weighted by atomic mass is 32.1. The third kappa shape index (κ3) is 1.94. The van der Waals surface area contributed by atoms with Gasteiger partial charge in [-0.15, -0.1) is 0 Å². The Balaban J connectivity index is 2.14. The monoisotopic (exact) mass is 280 g/mol. The molecule has 0 aromatic carbocycles. The number of hydrogen-bond donors (Lipinski definition) is 1. The quantitative estimate of drug-likeness (QED) is 0.879. The van der Waals surface area contributed by atoms with Gasteiger partial charge in [0.25, 0.3) is 0 Å². The van der Waals surface area contributed by atoms with Crippen molar-refractivity contribution < 1.29 is 4.74 Å². The Kier molecular flexibility index (Phi) is 3.22. The van der Waals surface area contributed by atoms with Crippen LogP contribution < -0.4 is 0 Å². The van der Waals surface area contributed by atoms with Crippen LogP contribution in [0.1, 0.15) is 32.0 Å². The number of nitrogens with one attached hydrogen (secondary N) is 1. The fourth-order valence-corrected chi connectivity index (χ4v) is 3.36. The molecule has 1 N–H and O–H groups in total. The molecular formula is C13H20N4OS. The maximum absolute atomic E-state index is 5.51. The number of aryl methyl sites for hydroxylation is 2. The van der Waals surface area contributed by atoms with Gasteiger partial charge in [-0.25, -0.2) is 0 Å². The van der Waals surface area contributed by atoms with Crippen LogP contribution in [-0.2, 0) is 18.2 Å². The minimum Gasteiger partial charge on any atom is -0.381 e. The van der Waals surface area contributed by atoms with Gasteiger partial charge in [0.1, 0.15) is 5.52 Å². The normalized spacial score (nSPS) is 21.3. The third-order valence-corrected chi connectivity index (χ3v) is 4.46. The van der Waals surface area contributed by atoms with Gasteiger partial charge in [-0.1, -0.05) is 6.92 Å². The van der Waals surface area contributed by atoms with Crippen molar-refractivity contribution in [2.24, 2.45) is 13.0 Å². The minimum atomic E-state index is 0.337. The van der Waals surface area contributed by atoms with Crippen molar-refractivity contribution in [2.45, 2.75) is 32.7 Å². The van der Waals surface area contributed by atoms with Crippen molar-refractivity contribution in [3.63, 3.8) is 0 Å². The second-order valence-corrected chi connectivity index (χ2v) is 5.67. The van der Waals surface area contributed by atoms with Gasteiger partial charge < -0.3 is 9.72 Å². The Bertz CT molecular complexity index is 647. The molecule has 1 aliphatic rings. The van der Waals surface area contributed by atoms with Crippen LogP contribution >= 0.6 is 12.2 Å². The number of aromatic nitrogens is 4. The first-order valence-electron chi connectivity index (χ1n) is 6.87. The largest absolute Gasteiger partial charge is 0.381 e. The second-order valence-electron chi connectivity index (χ2n) is 5.29. The first-order chi connectivity index (χ1) is 9.13. The van der Waals surface area contributed by atoms with E-state index in [1.807, 2.05) is 11.7 Å². The lowest BCUT2D eigenvalue weighted by Crippen LogP contribution is -2.18. The van der Waals surface area contributed by atoms with Crippen molar-refractivity contribution in [3.8, 4) is 0 Å². The molecule has 104 valence electrons. The summed E-state index contributed by atoms with van der Waals surface area (Å²) in [6, 6.07) is 0.337. The lowest BCUT2D eigenvalue weighted by Gasteiger charge is -2.20.